The predicted octanol–water partition coefficient (Wildman–Crippen LogP) is 5.56. The van der Waals surface area contributed by atoms with Crippen LogP contribution in [0.2, 0.25) is 0 Å². The molecular weight excluding hydrogens is 368 g/mol. The van der Waals surface area contributed by atoms with Crippen molar-refractivity contribution in [2.75, 3.05) is 0 Å². The van der Waals surface area contributed by atoms with E-state index in [0.29, 0.717) is 11.1 Å². The summed E-state index contributed by atoms with van der Waals surface area (Å²) in [6, 6.07) is 29.6. The van der Waals surface area contributed by atoms with Gasteiger partial charge in [0.15, 0.2) is 0 Å². The van der Waals surface area contributed by atoms with Crippen molar-refractivity contribution in [3.05, 3.63) is 119 Å². The Hall–Kier alpha value is -4.40. The molecule has 0 spiro atoms. The van der Waals surface area contributed by atoms with Crippen LogP contribution in [-0.2, 0) is 0 Å². The molecule has 0 amide bonds. The van der Waals surface area contributed by atoms with Crippen LogP contribution in [0.4, 0.5) is 0 Å². The molecule has 0 aliphatic heterocycles. The van der Waals surface area contributed by atoms with Crippen LogP contribution in [0.3, 0.4) is 0 Å². The van der Waals surface area contributed by atoms with Crippen LogP contribution in [0.15, 0.2) is 97.1 Å². The minimum absolute atomic E-state index is 0.0729. The Bertz CT molecular complexity index is 1190. The van der Waals surface area contributed by atoms with E-state index in [-0.39, 0.29) is 11.5 Å². The number of phenolic OH excluding ortho intramolecular Hbond substituents is 2. The molecule has 0 heterocycles. The standard InChI is InChI=1S/C28H18O2/c29-27-17-15-23(13-11-21-7-3-1-4-8-21)19-25(27)26-20-24(16-18-28(26)30)14-12-22-9-5-2-6-10-22/h1-10,15-20,29-30H. The molecule has 2 nitrogen and oxygen atoms in total. The Balaban J connectivity index is 1.70. The fourth-order valence-electron chi connectivity index (χ4n) is 2.99. The average molecular weight is 386 g/mol. The molecule has 0 atom stereocenters. The molecule has 0 fully saturated rings. The molecule has 0 saturated heterocycles. The van der Waals surface area contributed by atoms with E-state index in [2.05, 4.69) is 23.7 Å². The van der Waals surface area contributed by atoms with E-state index in [1.54, 1.807) is 36.4 Å². The lowest BCUT2D eigenvalue weighted by molar-refractivity contribution is 0.469. The van der Waals surface area contributed by atoms with E-state index in [1.807, 2.05) is 60.7 Å². The van der Waals surface area contributed by atoms with Crippen LogP contribution in [-0.4, -0.2) is 10.2 Å². The third-order valence-corrected chi connectivity index (χ3v) is 4.53. The van der Waals surface area contributed by atoms with Gasteiger partial charge in [-0.05, 0) is 60.7 Å². The lowest BCUT2D eigenvalue weighted by Crippen LogP contribution is -1.86. The van der Waals surface area contributed by atoms with Crippen molar-refractivity contribution in [2.45, 2.75) is 0 Å². The Morgan fingerprint density at radius 2 is 0.767 bits per heavy atom. The Morgan fingerprint density at radius 3 is 1.17 bits per heavy atom. The summed E-state index contributed by atoms with van der Waals surface area (Å²) in [5, 5.41) is 20.8. The topological polar surface area (TPSA) is 40.5 Å². The summed E-state index contributed by atoms with van der Waals surface area (Å²) >= 11 is 0. The maximum atomic E-state index is 10.4. The number of rotatable bonds is 1. The zero-order chi connectivity index (χ0) is 20.8. The highest BCUT2D eigenvalue weighted by atomic mass is 16.3. The first-order valence-corrected chi connectivity index (χ1v) is 9.49. The van der Waals surface area contributed by atoms with Crippen LogP contribution in [0.1, 0.15) is 22.3 Å². The van der Waals surface area contributed by atoms with Crippen LogP contribution in [0.25, 0.3) is 11.1 Å². The molecule has 4 rings (SSSR count). The molecule has 4 aromatic rings. The first-order chi connectivity index (χ1) is 14.7. The van der Waals surface area contributed by atoms with E-state index < -0.39 is 0 Å². The minimum atomic E-state index is 0.0729. The number of phenols is 2. The second-order valence-electron chi connectivity index (χ2n) is 6.70. The van der Waals surface area contributed by atoms with Gasteiger partial charge in [-0.15, -0.1) is 0 Å². The van der Waals surface area contributed by atoms with Crippen LogP contribution < -0.4 is 0 Å². The summed E-state index contributed by atoms with van der Waals surface area (Å²) in [6.07, 6.45) is 0. The Labute approximate surface area is 176 Å². The third kappa shape index (κ3) is 4.53. The normalized spacial score (nSPS) is 9.73. The maximum Gasteiger partial charge on any atom is 0.123 e. The quantitative estimate of drug-likeness (QED) is 0.420. The van der Waals surface area contributed by atoms with Crippen molar-refractivity contribution in [1.29, 1.82) is 0 Å². The number of hydrogen-bond acceptors (Lipinski definition) is 2. The lowest BCUT2D eigenvalue weighted by Gasteiger charge is -2.08. The molecule has 142 valence electrons. The van der Waals surface area contributed by atoms with E-state index in [1.165, 1.54) is 0 Å². The van der Waals surface area contributed by atoms with Crippen molar-refractivity contribution < 1.29 is 10.2 Å². The van der Waals surface area contributed by atoms with Gasteiger partial charge in [0.2, 0.25) is 0 Å². The zero-order valence-electron chi connectivity index (χ0n) is 16.1. The molecule has 0 bridgehead atoms. The third-order valence-electron chi connectivity index (χ3n) is 4.53. The van der Waals surface area contributed by atoms with Crippen molar-refractivity contribution >= 4 is 0 Å². The molecule has 2 N–H and O–H groups in total. The molecule has 2 heteroatoms. The highest BCUT2D eigenvalue weighted by molar-refractivity contribution is 5.78. The summed E-state index contributed by atoms with van der Waals surface area (Å²) in [4.78, 5) is 0. The smallest absolute Gasteiger partial charge is 0.123 e. The molecule has 30 heavy (non-hydrogen) atoms. The molecule has 0 unspecified atom stereocenters. The van der Waals surface area contributed by atoms with Gasteiger partial charge in [0.25, 0.3) is 0 Å². The summed E-state index contributed by atoms with van der Waals surface area (Å²) in [6.45, 7) is 0. The van der Waals surface area contributed by atoms with E-state index in [0.717, 1.165) is 22.3 Å². The van der Waals surface area contributed by atoms with Gasteiger partial charge in [-0.1, -0.05) is 60.1 Å². The SMILES string of the molecule is Oc1ccc(C#Cc2ccccc2)cc1-c1cc(C#Cc2ccccc2)ccc1O. The molecule has 0 aromatic heterocycles. The van der Waals surface area contributed by atoms with Crippen molar-refractivity contribution in [2.24, 2.45) is 0 Å². The largest absolute Gasteiger partial charge is 0.507 e. The molecular formula is C28H18O2. The summed E-state index contributed by atoms with van der Waals surface area (Å²) in [5.74, 6) is 12.6. The fraction of sp³-hybridized carbons (Fsp3) is 0. The zero-order valence-corrected chi connectivity index (χ0v) is 16.1. The van der Waals surface area contributed by atoms with E-state index in [9.17, 15) is 10.2 Å². The van der Waals surface area contributed by atoms with Gasteiger partial charge in [0.1, 0.15) is 11.5 Å². The van der Waals surface area contributed by atoms with Crippen molar-refractivity contribution in [3.8, 4) is 46.3 Å². The summed E-state index contributed by atoms with van der Waals surface area (Å²) in [5.41, 5.74) is 4.33. The fourth-order valence-corrected chi connectivity index (χ4v) is 2.99. The minimum Gasteiger partial charge on any atom is -0.507 e. The van der Waals surface area contributed by atoms with Gasteiger partial charge in [0.05, 0.1) is 0 Å². The second kappa shape index (κ2) is 8.74. The first-order valence-electron chi connectivity index (χ1n) is 9.49. The Kier molecular flexibility index (Phi) is 5.52. The molecule has 0 saturated carbocycles. The van der Waals surface area contributed by atoms with E-state index in [4.69, 9.17) is 0 Å². The number of hydrogen-bond donors (Lipinski definition) is 2. The maximum absolute atomic E-state index is 10.4. The summed E-state index contributed by atoms with van der Waals surface area (Å²) in [7, 11) is 0. The molecule has 0 aliphatic rings. The van der Waals surface area contributed by atoms with Gasteiger partial charge in [-0.3, -0.25) is 0 Å². The van der Waals surface area contributed by atoms with Gasteiger partial charge in [-0.25, -0.2) is 0 Å². The Morgan fingerprint density at radius 1 is 0.400 bits per heavy atom. The van der Waals surface area contributed by atoms with Gasteiger partial charge < -0.3 is 10.2 Å². The average Bonchev–Trinajstić information content (AvgIpc) is 2.79. The molecule has 0 aliphatic carbocycles. The van der Waals surface area contributed by atoms with Crippen LogP contribution in [0, 0.1) is 23.7 Å². The monoisotopic (exact) mass is 386 g/mol. The van der Waals surface area contributed by atoms with Gasteiger partial charge in [0, 0.05) is 33.4 Å². The van der Waals surface area contributed by atoms with Gasteiger partial charge in [-0.2, -0.15) is 0 Å². The molecule has 4 aromatic carbocycles. The highest BCUT2D eigenvalue weighted by Crippen LogP contribution is 2.36. The lowest BCUT2D eigenvalue weighted by atomic mass is 9.99. The van der Waals surface area contributed by atoms with Gasteiger partial charge >= 0.3 is 0 Å². The number of benzene rings is 4. The molecule has 0 radical (unpaired) electrons. The van der Waals surface area contributed by atoms with Crippen molar-refractivity contribution in [3.63, 3.8) is 0 Å². The van der Waals surface area contributed by atoms with Crippen LogP contribution in [0.5, 0.6) is 11.5 Å². The van der Waals surface area contributed by atoms with Crippen LogP contribution >= 0.6 is 0 Å². The number of aromatic hydroxyl groups is 2. The van der Waals surface area contributed by atoms with Crippen molar-refractivity contribution in [1.82, 2.24) is 0 Å². The summed E-state index contributed by atoms with van der Waals surface area (Å²) < 4.78 is 0. The highest BCUT2D eigenvalue weighted by Gasteiger charge is 2.10. The second-order valence-corrected chi connectivity index (χ2v) is 6.70. The van der Waals surface area contributed by atoms with E-state index >= 15 is 0 Å². The first kappa shape index (κ1) is 18.9. The predicted molar refractivity (Wildman–Crippen MR) is 120 cm³/mol.